The number of epoxide rings is 1. The van der Waals surface area contributed by atoms with E-state index in [1.807, 2.05) is 13.0 Å². The zero-order chi connectivity index (χ0) is 61.4. The van der Waals surface area contributed by atoms with Gasteiger partial charge in [-0.15, -0.1) is 0 Å². The van der Waals surface area contributed by atoms with Gasteiger partial charge in [-0.2, -0.15) is 0 Å². The first-order valence-electron chi connectivity index (χ1n) is 27.1. The molecule has 2 aromatic rings. The largest absolute Gasteiger partial charge is 0.495 e. The van der Waals surface area contributed by atoms with E-state index in [2.05, 4.69) is 69.1 Å². The Morgan fingerprint density at radius 1 is 1.02 bits per heavy atom. The van der Waals surface area contributed by atoms with Crippen molar-refractivity contribution in [1.29, 1.82) is 0 Å². The Balaban J connectivity index is 1.34. The van der Waals surface area contributed by atoms with Gasteiger partial charge in [-0.3, -0.25) is 30.3 Å². The number of primary amides is 1. The summed E-state index contributed by atoms with van der Waals surface area (Å²) in [5.41, 5.74) is 3.40. The molecule has 2 saturated heterocycles. The molecule has 0 aliphatic carbocycles. The number of nitrogens with zero attached hydrogens (tertiary/aromatic N) is 1. The average Bonchev–Trinajstić information content (AvgIpc) is 1.91. The Hall–Kier alpha value is -5.38. The van der Waals surface area contributed by atoms with Crippen LogP contribution in [0.5, 0.6) is 5.75 Å². The Bertz CT molecular complexity index is 2720. The molecule has 2 fully saturated rings. The molecule has 3 aliphatic rings. The molecule has 23 nitrogen and oxygen atoms in total. The first-order valence-corrected chi connectivity index (χ1v) is 30.1. The van der Waals surface area contributed by atoms with Gasteiger partial charge in [-0.25, -0.2) is 14.4 Å². The van der Waals surface area contributed by atoms with E-state index in [-0.39, 0.29) is 53.1 Å². The van der Waals surface area contributed by atoms with Crippen molar-refractivity contribution in [3.63, 3.8) is 0 Å². The highest BCUT2D eigenvalue weighted by Gasteiger charge is 2.64. The molecular formula is C56H77Br2Cl2N9O14. The van der Waals surface area contributed by atoms with E-state index < -0.39 is 108 Å². The summed E-state index contributed by atoms with van der Waals surface area (Å²) in [6, 6.07) is 4.19. The smallest absolute Gasteiger partial charge is 0.412 e. The first-order chi connectivity index (χ1) is 39.3. The predicted octanol–water partition coefficient (Wildman–Crippen LogP) is 6.57. The lowest BCUT2D eigenvalue weighted by atomic mass is 9.83. The Morgan fingerprint density at radius 3 is 2.37 bits per heavy atom. The third-order valence-electron chi connectivity index (χ3n) is 14.9. The second-order valence-corrected chi connectivity index (χ2v) is 23.5. The van der Waals surface area contributed by atoms with Crippen molar-refractivity contribution in [3.05, 3.63) is 69.7 Å². The SMILES string of the molecule is COc1cc2cc(c1Cl)N(C)C(=O)C[C@H](OC(=O)Nc1ccc(NC(=O)[C@H](CCCNC(N)=O)NC(=O)[C@@H](NC(C=O)CCCCNC(C=O)(CBr)CBr)C(C)C)cc1Cl)[C@]1(C)O[C@H]1[C@H](C)[C@@H]1C[C@@](O)(NC(=O)O1)[C@H](OC)/C=C/C=C(\C)C2. The molecule has 3 heterocycles. The molecule has 83 heavy (non-hydrogen) atoms. The van der Waals surface area contributed by atoms with Crippen molar-refractivity contribution in [1.82, 2.24) is 26.6 Å². The van der Waals surface area contributed by atoms with Crippen LogP contribution in [0.1, 0.15) is 85.1 Å². The summed E-state index contributed by atoms with van der Waals surface area (Å²) in [7, 11) is 4.38. The third kappa shape index (κ3) is 18.6. The molecule has 7 amide bonds. The number of nitrogens with two attached hydrogens (primary N) is 1. The van der Waals surface area contributed by atoms with Crippen LogP contribution in [0.3, 0.4) is 0 Å². The molecular weight excluding hydrogens is 1250 g/mol. The Labute approximate surface area is 510 Å². The number of anilines is 3. The summed E-state index contributed by atoms with van der Waals surface area (Å²) in [6.07, 6.45) is 2.54. The molecule has 0 radical (unpaired) electrons. The van der Waals surface area contributed by atoms with E-state index in [1.54, 1.807) is 52.0 Å². The molecule has 0 aromatic heterocycles. The number of hydrogen-bond donors (Lipinski definition) is 9. The number of alkyl carbamates (subject to hydrolysis) is 1. The molecule has 2 aromatic carbocycles. The number of nitrogens with one attached hydrogen (secondary N) is 7. The fourth-order valence-electron chi connectivity index (χ4n) is 9.90. The van der Waals surface area contributed by atoms with Gasteiger partial charge in [-0.05, 0) is 94.3 Å². The van der Waals surface area contributed by atoms with E-state index in [1.165, 1.54) is 44.4 Å². The minimum absolute atomic E-state index is 0.0462. The summed E-state index contributed by atoms with van der Waals surface area (Å²) in [4.78, 5) is 106. The molecule has 5 rings (SSSR count). The minimum atomic E-state index is -1.91. The van der Waals surface area contributed by atoms with Crippen LogP contribution in [-0.4, -0.2) is 158 Å². The maximum atomic E-state index is 14.4. The molecule has 458 valence electrons. The molecule has 1 unspecified atom stereocenters. The molecule has 10 atom stereocenters. The fraction of sp³-hybridized carbons (Fsp3) is 0.571. The number of rotatable bonds is 25. The minimum Gasteiger partial charge on any atom is -0.495 e. The van der Waals surface area contributed by atoms with Crippen molar-refractivity contribution in [2.45, 2.75) is 145 Å². The quantitative estimate of drug-likeness (QED) is 0.0220. The van der Waals surface area contributed by atoms with E-state index in [4.69, 9.17) is 52.6 Å². The number of aliphatic hydroxyl groups is 1. The molecule has 27 heteroatoms. The standard InChI is InChI=1S/C56H77Br2Cl2N9O14/c1-31(2)47(64-36(27-70)14-9-10-20-63-55(28-57,29-58)30-71)50(74)66-39(15-12-19-62-51(61)75)49(73)65-35-17-18-38(37(59)24-35)67-52(76)82-44-25-45(72)69(6)40-22-34(23-41(79-7)46(40)60)21-32(3)13-11-16-43(80-8)56(78)26-42(81-53(77)68-56)33(4)48-54(44,5)83-48/h11,13,16-18,22-24,27,30-31,33,36,39,42-44,47-48,63-64,78H,9-10,12,14-15,19-21,25-26,28-29H2,1-8H3,(H,65,73)(H,66,74)(H,67,76)(H,68,77)(H3,61,62,75)/b16-11+,32-13+/t33-,36?,39+,42+,43-,44+,47+,48+,54+,56+/m1/s1. The van der Waals surface area contributed by atoms with Crippen LogP contribution in [0.15, 0.2) is 54.1 Å². The number of unbranched alkanes of at least 4 members (excludes halogenated alkanes) is 1. The number of benzene rings is 2. The van der Waals surface area contributed by atoms with Crippen molar-refractivity contribution in [3.8, 4) is 5.75 Å². The fourth-order valence-corrected chi connectivity index (χ4v) is 12.0. The van der Waals surface area contributed by atoms with E-state index in [0.717, 1.165) is 23.7 Å². The Kier molecular flexibility index (Phi) is 25.7. The average molecular weight is 1330 g/mol. The number of aldehydes is 2. The molecule has 3 aliphatic heterocycles. The van der Waals surface area contributed by atoms with Crippen molar-refractivity contribution < 1.29 is 67.1 Å². The van der Waals surface area contributed by atoms with Crippen LogP contribution in [0.25, 0.3) is 0 Å². The van der Waals surface area contributed by atoms with Gasteiger partial charge in [0.25, 0.3) is 0 Å². The van der Waals surface area contributed by atoms with Crippen molar-refractivity contribution in [2.75, 3.05) is 60.6 Å². The summed E-state index contributed by atoms with van der Waals surface area (Å²) in [6.45, 7) is 9.49. The zero-order valence-electron chi connectivity index (χ0n) is 47.7. The van der Waals surface area contributed by atoms with Gasteiger partial charge in [0.2, 0.25) is 17.7 Å². The normalized spacial score (nSPS) is 24.9. The number of hydrogen-bond acceptors (Lipinski definition) is 16. The van der Waals surface area contributed by atoms with Crippen LogP contribution < -0.4 is 52.6 Å². The van der Waals surface area contributed by atoms with E-state index >= 15 is 0 Å². The number of fused-ring (bicyclic) bond motifs is 5. The van der Waals surface area contributed by atoms with Crippen LogP contribution in [0.4, 0.5) is 31.4 Å². The monoisotopic (exact) mass is 1330 g/mol. The predicted molar refractivity (Wildman–Crippen MR) is 321 cm³/mol. The molecule has 4 bridgehead atoms. The van der Waals surface area contributed by atoms with Gasteiger partial charge in [0.05, 0.1) is 53.7 Å². The molecule has 10 N–H and O–H groups in total. The lowest BCUT2D eigenvalue weighted by molar-refractivity contribution is -0.142. The van der Waals surface area contributed by atoms with Gasteiger partial charge >= 0.3 is 18.2 Å². The van der Waals surface area contributed by atoms with Crippen LogP contribution >= 0.6 is 55.1 Å². The maximum Gasteiger partial charge on any atom is 0.412 e. The summed E-state index contributed by atoms with van der Waals surface area (Å²) in [5, 5.41) is 32.3. The number of halogens is 4. The van der Waals surface area contributed by atoms with Gasteiger partial charge < -0.3 is 70.3 Å². The number of methoxy groups -OCH3 is 2. The summed E-state index contributed by atoms with van der Waals surface area (Å²) >= 11 is 20.3. The maximum absolute atomic E-state index is 14.4. The highest BCUT2D eigenvalue weighted by molar-refractivity contribution is 9.10. The molecule has 0 saturated carbocycles. The van der Waals surface area contributed by atoms with Gasteiger partial charge in [0.1, 0.15) is 53.3 Å². The van der Waals surface area contributed by atoms with E-state index in [0.29, 0.717) is 54.3 Å². The zero-order valence-corrected chi connectivity index (χ0v) is 52.4. The van der Waals surface area contributed by atoms with Gasteiger partial charge in [-0.1, -0.05) is 106 Å². The number of urea groups is 1. The van der Waals surface area contributed by atoms with Gasteiger partial charge in [0, 0.05) is 49.4 Å². The summed E-state index contributed by atoms with van der Waals surface area (Å²) in [5.74, 6) is -2.37. The number of alkyl halides is 2. The highest BCUT2D eigenvalue weighted by atomic mass is 79.9. The lowest BCUT2D eigenvalue weighted by Gasteiger charge is -2.42. The first kappa shape index (κ1) is 68.4. The highest BCUT2D eigenvalue weighted by Crippen LogP contribution is 2.49. The number of ether oxygens (including phenoxy) is 5. The summed E-state index contributed by atoms with van der Waals surface area (Å²) < 4.78 is 29.4. The second-order valence-electron chi connectivity index (χ2n) is 21.6. The topological polar surface area (TPSA) is 320 Å². The number of amides is 7. The number of carbonyl (C=O) groups is 8. The van der Waals surface area contributed by atoms with Gasteiger partial charge in [0.15, 0.2) is 5.72 Å². The van der Waals surface area contributed by atoms with Crippen molar-refractivity contribution >= 4 is 121 Å². The van der Waals surface area contributed by atoms with E-state index in [9.17, 15) is 43.5 Å². The Morgan fingerprint density at radius 2 is 1.75 bits per heavy atom. The number of carbonyl (C=O) groups excluding carboxylic acids is 8. The van der Waals surface area contributed by atoms with Crippen LogP contribution in [0, 0.1) is 11.8 Å². The second kappa shape index (κ2) is 31.1. The van der Waals surface area contributed by atoms with Crippen LogP contribution in [-0.2, 0) is 49.3 Å². The van der Waals surface area contributed by atoms with Crippen molar-refractivity contribution in [2.24, 2.45) is 17.6 Å². The van der Waals surface area contributed by atoms with Crippen LogP contribution in [0.2, 0.25) is 10.0 Å². The lowest BCUT2D eigenvalue weighted by Crippen LogP contribution is -2.63. The third-order valence-corrected chi connectivity index (χ3v) is 17.6. The number of allylic oxidation sites excluding steroid dienone is 3. The molecule has 0 spiro atoms.